The van der Waals surface area contributed by atoms with Crippen molar-refractivity contribution in [3.8, 4) is 0 Å². The van der Waals surface area contributed by atoms with E-state index in [4.69, 9.17) is 0 Å². The van der Waals surface area contributed by atoms with Gasteiger partial charge in [0.05, 0.1) is 4.90 Å². The highest BCUT2D eigenvalue weighted by atomic mass is 32.2. The maximum atomic E-state index is 13.3. The maximum Gasteiger partial charge on any atom is 0.259 e. The highest BCUT2D eigenvalue weighted by Crippen LogP contribution is 2.33. The summed E-state index contributed by atoms with van der Waals surface area (Å²) in [7, 11) is -3.54. The molecule has 8 heteroatoms. The normalized spacial score (nSPS) is 19.0. The van der Waals surface area contributed by atoms with Gasteiger partial charge in [0.1, 0.15) is 6.04 Å². The quantitative estimate of drug-likeness (QED) is 0.792. The summed E-state index contributed by atoms with van der Waals surface area (Å²) < 4.78 is 26.9. The van der Waals surface area contributed by atoms with Gasteiger partial charge in [-0.2, -0.15) is 4.31 Å². The van der Waals surface area contributed by atoms with Crippen LogP contribution in [-0.2, 0) is 21.2 Å². The first-order valence-electron chi connectivity index (χ1n) is 10.2. The van der Waals surface area contributed by atoms with Crippen LogP contribution in [0.25, 0.3) is 0 Å². The number of carbonyl (C=O) groups excluding carboxylic acids is 2. The Morgan fingerprint density at radius 1 is 1.03 bits per heavy atom. The first-order chi connectivity index (χ1) is 14.4. The summed E-state index contributed by atoms with van der Waals surface area (Å²) >= 11 is 0. The number of para-hydroxylation sites is 1. The number of nitrogens with zero attached hydrogens (tertiary/aromatic N) is 2. The van der Waals surface area contributed by atoms with Gasteiger partial charge in [-0.3, -0.25) is 14.5 Å². The molecule has 7 nitrogen and oxygen atoms in total. The number of rotatable bonds is 5. The van der Waals surface area contributed by atoms with E-state index < -0.39 is 16.1 Å². The van der Waals surface area contributed by atoms with Crippen molar-refractivity contribution in [1.82, 2.24) is 9.62 Å². The maximum absolute atomic E-state index is 13.3. The van der Waals surface area contributed by atoms with Crippen LogP contribution < -0.4 is 10.2 Å². The predicted molar refractivity (Wildman–Crippen MR) is 114 cm³/mol. The van der Waals surface area contributed by atoms with Crippen LogP contribution in [0, 0.1) is 0 Å². The number of benzene rings is 2. The largest absolute Gasteiger partial charge is 0.355 e. The number of fused-ring (bicyclic) bond motifs is 1. The van der Waals surface area contributed by atoms with Crippen LogP contribution >= 0.6 is 0 Å². The van der Waals surface area contributed by atoms with Crippen LogP contribution in [0.2, 0.25) is 0 Å². The SMILES string of the molecule is CCNC(=O)[C@@H]1Cc2ccccc2N1C(=O)c1ccc(S(=O)(=O)N2CCCC2)cc1. The Kier molecular flexibility index (Phi) is 5.62. The van der Waals surface area contributed by atoms with Crippen molar-refractivity contribution in [2.45, 2.75) is 37.1 Å². The molecule has 30 heavy (non-hydrogen) atoms. The summed E-state index contributed by atoms with van der Waals surface area (Å²) in [6, 6.07) is 12.9. The lowest BCUT2D eigenvalue weighted by atomic mass is 10.1. The number of hydrogen-bond acceptors (Lipinski definition) is 4. The molecule has 0 aliphatic carbocycles. The molecule has 0 saturated carbocycles. The number of sulfonamides is 1. The number of hydrogen-bond donors (Lipinski definition) is 1. The van der Waals surface area contributed by atoms with E-state index >= 15 is 0 Å². The predicted octanol–water partition coefficient (Wildman–Crippen LogP) is 2.18. The second-order valence-corrected chi connectivity index (χ2v) is 9.49. The lowest BCUT2D eigenvalue weighted by Crippen LogP contribution is -2.48. The Balaban J connectivity index is 1.63. The lowest BCUT2D eigenvalue weighted by Gasteiger charge is -2.25. The molecule has 2 heterocycles. The van der Waals surface area contributed by atoms with Gasteiger partial charge in [0.15, 0.2) is 0 Å². The number of anilines is 1. The molecular weight excluding hydrogens is 402 g/mol. The van der Waals surface area contributed by atoms with Crippen molar-refractivity contribution in [2.75, 3.05) is 24.5 Å². The average molecular weight is 428 g/mol. The van der Waals surface area contributed by atoms with E-state index in [1.54, 1.807) is 0 Å². The van der Waals surface area contributed by atoms with E-state index in [1.807, 2.05) is 31.2 Å². The van der Waals surface area contributed by atoms with Gasteiger partial charge in [0.2, 0.25) is 15.9 Å². The van der Waals surface area contributed by atoms with E-state index in [1.165, 1.54) is 33.5 Å². The van der Waals surface area contributed by atoms with Gasteiger partial charge in [-0.05, 0) is 55.7 Å². The smallest absolute Gasteiger partial charge is 0.259 e. The first-order valence-corrected chi connectivity index (χ1v) is 11.7. The molecule has 0 spiro atoms. The molecule has 2 aliphatic heterocycles. The minimum Gasteiger partial charge on any atom is -0.355 e. The van der Waals surface area contributed by atoms with Crippen molar-refractivity contribution < 1.29 is 18.0 Å². The van der Waals surface area contributed by atoms with E-state index in [9.17, 15) is 18.0 Å². The highest BCUT2D eigenvalue weighted by molar-refractivity contribution is 7.89. The van der Waals surface area contributed by atoms with Gasteiger partial charge < -0.3 is 5.32 Å². The fourth-order valence-electron chi connectivity index (χ4n) is 4.12. The summed E-state index contributed by atoms with van der Waals surface area (Å²) in [4.78, 5) is 27.6. The Hall–Kier alpha value is -2.71. The molecule has 1 fully saturated rings. The van der Waals surface area contributed by atoms with Gasteiger partial charge in [-0.15, -0.1) is 0 Å². The third kappa shape index (κ3) is 3.61. The molecule has 2 aliphatic rings. The summed E-state index contributed by atoms with van der Waals surface area (Å²) in [6.45, 7) is 3.38. The zero-order valence-corrected chi connectivity index (χ0v) is 17.7. The Bertz CT molecular complexity index is 1060. The third-order valence-electron chi connectivity index (χ3n) is 5.65. The lowest BCUT2D eigenvalue weighted by molar-refractivity contribution is -0.122. The van der Waals surface area contributed by atoms with E-state index in [0.717, 1.165) is 18.4 Å². The zero-order valence-electron chi connectivity index (χ0n) is 16.9. The molecule has 0 radical (unpaired) electrons. The van der Waals surface area contributed by atoms with Gasteiger partial charge in [0.25, 0.3) is 5.91 Å². The van der Waals surface area contributed by atoms with Crippen LogP contribution in [0.15, 0.2) is 53.4 Å². The van der Waals surface area contributed by atoms with Crippen molar-refractivity contribution >= 4 is 27.5 Å². The molecular formula is C22H25N3O4S. The minimum atomic E-state index is -3.54. The Morgan fingerprint density at radius 3 is 2.37 bits per heavy atom. The molecule has 0 aromatic heterocycles. The standard InChI is InChI=1S/C22H25N3O4S/c1-2-23-21(26)20-15-17-7-3-4-8-19(17)25(20)22(27)16-9-11-18(12-10-16)30(28,29)24-13-5-6-14-24/h3-4,7-12,20H,2,5-6,13-15H2,1H3,(H,23,26)/t20-/m0/s1. The molecule has 0 bridgehead atoms. The van der Waals surface area contributed by atoms with Gasteiger partial charge in [-0.25, -0.2) is 8.42 Å². The van der Waals surface area contributed by atoms with Crippen LogP contribution in [0.5, 0.6) is 0 Å². The number of likely N-dealkylation sites (N-methyl/N-ethyl adjacent to an activating group) is 1. The first kappa shape index (κ1) is 20.6. The molecule has 4 rings (SSSR count). The van der Waals surface area contributed by atoms with E-state index in [0.29, 0.717) is 37.3 Å². The molecule has 2 aromatic carbocycles. The van der Waals surface area contributed by atoms with Crippen molar-refractivity contribution in [1.29, 1.82) is 0 Å². The molecule has 2 amide bonds. The molecule has 158 valence electrons. The van der Waals surface area contributed by atoms with E-state index in [-0.39, 0.29) is 16.7 Å². The zero-order chi connectivity index (χ0) is 21.3. The second-order valence-electron chi connectivity index (χ2n) is 7.55. The van der Waals surface area contributed by atoms with Crippen LogP contribution in [0.1, 0.15) is 35.7 Å². The molecule has 1 saturated heterocycles. The minimum absolute atomic E-state index is 0.183. The van der Waals surface area contributed by atoms with Gasteiger partial charge in [-0.1, -0.05) is 18.2 Å². The van der Waals surface area contributed by atoms with Crippen molar-refractivity contribution in [2.24, 2.45) is 0 Å². The van der Waals surface area contributed by atoms with Gasteiger partial charge in [0, 0.05) is 37.3 Å². The van der Waals surface area contributed by atoms with Crippen molar-refractivity contribution in [3.05, 3.63) is 59.7 Å². The fourth-order valence-corrected chi connectivity index (χ4v) is 5.64. The average Bonchev–Trinajstić information content (AvgIpc) is 3.42. The van der Waals surface area contributed by atoms with Crippen molar-refractivity contribution in [3.63, 3.8) is 0 Å². The number of carbonyl (C=O) groups is 2. The second kappa shape index (κ2) is 8.20. The highest BCUT2D eigenvalue weighted by Gasteiger charge is 2.38. The summed E-state index contributed by atoms with van der Waals surface area (Å²) in [5, 5.41) is 2.80. The van der Waals surface area contributed by atoms with Crippen LogP contribution in [0.4, 0.5) is 5.69 Å². The topological polar surface area (TPSA) is 86.8 Å². The third-order valence-corrected chi connectivity index (χ3v) is 7.57. The Morgan fingerprint density at radius 2 is 1.70 bits per heavy atom. The monoisotopic (exact) mass is 427 g/mol. The summed E-state index contributed by atoms with van der Waals surface area (Å²) in [6.07, 6.45) is 2.19. The summed E-state index contributed by atoms with van der Waals surface area (Å²) in [5.41, 5.74) is 2.00. The Labute approximate surface area is 176 Å². The number of amides is 2. The molecule has 1 atom stereocenters. The van der Waals surface area contributed by atoms with Gasteiger partial charge >= 0.3 is 0 Å². The summed E-state index contributed by atoms with van der Waals surface area (Å²) in [5.74, 6) is -0.517. The number of nitrogens with one attached hydrogen (secondary N) is 1. The van der Waals surface area contributed by atoms with E-state index in [2.05, 4.69) is 5.32 Å². The fraction of sp³-hybridized carbons (Fsp3) is 0.364. The molecule has 1 N–H and O–H groups in total. The van der Waals surface area contributed by atoms with Crippen LogP contribution in [-0.4, -0.2) is 50.2 Å². The molecule has 2 aromatic rings. The van der Waals surface area contributed by atoms with Crippen LogP contribution in [0.3, 0.4) is 0 Å². The molecule has 0 unspecified atom stereocenters.